The number of carbonyl (C=O) groups is 1. The minimum atomic E-state index is -1.02. The Morgan fingerprint density at radius 2 is 2.13 bits per heavy atom. The SMILES string of the molecule is O=C(O)c1cnc(CN(CCC2=CCCCC2)CC2CC2)cn1. The Morgan fingerprint density at radius 3 is 2.74 bits per heavy atom. The second kappa shape index (κ2) is 7.68. The van der Waals surface area contributed by atoms with Crippen LogP contribution in [0.1, 0.15) is 61.1 Å². The number of hydrogen-bond donors (Lipinski definition) is 1. The lowest BCUT2D eigenvalue weighted by Gasteiger charge is -2.23. The smallest absolute Gasteiger partial charge is 0.356 e. The first-order valence-corrected chi connectivity index (χ1v) is 8.65. The fraction of sp³-hybridized carbons (Fsp3) is 0.611. The third-order valence-electron chi connectivity index (χ3n) is 4.66. The summed E-state index contributed by atoms with van der Waals surface area (Å²) >= 11 is 0. The van der Waals surface area contributed by atoms with E-state index in [-0.39, 0.29) is 5.69 Å². The third-order valence-corrected chi connectivity index (χ3v) is 4.66. The Kier molecular flexibility index (Phi) is 5.39. The molecule has 3 rings (SSSR count). The van der Waals surface area contributed by atoms with E-state index in [2.05, 4.69) is 20.9 Å². The van der Waals surface area contributed by atoms with Gasteiger partial charge in [0.1, 0.15) is 0 Å². The highest BCUT2D eigenvalue weighted by atomic mass is 16.4. The number of carboxylic acid groups (broad SMARTS) is 1. The van der Waals surface area contributed by atoms with Crippen LogP contribution < -0.4 is 0 Å². The van der Waals surface area contributed by atoms with Gasteiger partial charge in [0.25, 0.3) is 0 Å². The molecule has 1 aromatic heterocycles. The van der Waals surface area contributed by atoms with E-state index in [4.69, 9.17) is 5.11 Å². The molecule has 1 aromatic rings. The lowest BCUT2D eigenvalue weighted by Crippen LogP contribution is -2.27. The van der Waals surface area contributed by atoms with Gasteiger partial charge in [-0.05, 0) is 50.9 Å². The summed E-state index contributed by atoms with van der Waals surface area (Å²) in [5.74, 6) is -0.190. The molecule has 0 bridgehead atoms. The molecule has 0 unspecified atom stereocenters. The molecule has 0 saturated heterocycles. The Hall–Kier alpha value is -1.75. The zero-order chi connectivity index (χ0) is 16.1. The summed E-state index contributed by atoms with van der Waals surface area (Å²) in [5.41, 5.74) is 2.47. The van der Waals surface area contributed by atoms with Crippen LogP contribution in [0.2, 0.25) is 0 Å². The van der Waals surface area contributed by atoms with Gasteiger partial charge >= 0.3 is 5.97 Å². The minimum Gasteiger partial charge on any atom is -0.476 e. The number of nitrogens with zero attached hydrogens (tertiary/aromatic N) is 3. The van der Waals surface area contributed by atoms with Crippen LogP contribution in [0.3, 0.4) is 0 Å². The van der Waals surface area contributed by atoms with Crippen LogP contribution in [-0.4, -0.2) is 39.0 Å². The van der Waals surface area contributed by atoms with E-state index in [1.54, 1.807) is 11.8 Å². The molecule has 0 radical (unpaired) electrons. The van der Waals surface area contributed by atoms with Gasteiger partial charge in [0.2, 0.25) is 0 Å². The number of carboxylic acids is 1. The van der Waals surface area contributed by atoms with E-state index in [1.165, 1.54) is 44.7 Å². The van der Waals surface area contributed by atoms with Gasteiger partial charge in [0.15, 0.2) is 5.69 Å². The highest BCUT2D eigenvalue weighted by Gasteiger charge is 2.24. The third kappa shape index (κ3) is 5.13. The lowest BCUT2D eigenvalue weighted by atomic mass is 9.97. The Balaban J connectivity index is 1.56. The number of hydrogen-bond acceptors (Lipinski definition) is 4. The molecule has 124 valence electrons. The topological polar surface area (TPSA) is 66.3 Å². The lowest BCUT2D eigenvalue weighted by molar-refractivity contribution is 0.0690. The Labute approximate surface area is 137 Å². The van der Waals surface area contributed by atoms with Crippen LogP contribution in [0.5, 0.6) is 0 Å². The zero-order valence-electron chi connectivity index (χ0n) is 13.6. The predicted molar refractivity (Wildman–Crippen MR) is 88.2 cm³/mol. The fourth-order valence-corrected chi connectivity index (χ4v) is 3.11. The highest BCUT2D eigenvalue weighted by molar-refractivity contribution is 5.84. The molecule has 0 amide bonds. The number of allylic oxidation sites excluding steroid dienone is 1. The largest absolute Gasteiger partial charge is 0.476 e. The average molecular weight is 315 g/mol. The van der Waals surface area contributed by atoms with Gasteiger partial charge in [0, 0.05) is 19.6 Å². The van der Waals surface area contributed by atoms with Crippen molar-refractivity contribution in [1.29, 1.82) is 0 Å². The van der Waals surface area contributed by atoms with Crippen molar-refractivity contribution in [2.24, 2.45) is 5.92 Å². The monoisotopic (exact) mass is 315 g/mol. The van der Waals surface area contributed by atoms with Crippen molar-refractivity contribution < 1.29 is 9.90 Å². The molecule has 1 saturated carbocycles. The van der Waals surface area contributed by atoms with Gasteiger partial charge in [-0.15, -0.1) is 0 Å². The van der Waals surface area contributed by atoms with E-state index >= 15 is 0 Å². The van der Waals surface area contributed by atoms with Crippen molar-refractivity contribution >= 4 is 5.97 Å². The second-order valence-electron chi connectivity index (χ2n) is 6.73. The van der Waals surface area contributed by atoms with Crippen molar-refractivity contribution in [3.63, 3.8) is 0 Å². The molecule has 5 nitrogen and oxygen atoms in total. The summed E-state index contributed by atoms with van der Waals surface area (Å²) in [7, 11) is 0. The molecule has 2 aliphatic carbocycles. The molecule has 1 N–H and O–H groups in total. The van der Waals surface area contributed by atoms with Gasteiger partial charge in [-0.25, -0.2) is 9.78 Å². The molecule has 2 aliphatic rings. The summed E-state index contributed by atoms with van der Waals surface area (Å²) in [6.45, 7) is 2.94. The minimum absolute atomic E-state index is 0.00912. The fourth-order valence-electron chi connectivity index (χ4n) is 3.11. The van der Waals surface area contributed by atoms with Gasteiger partial charge in [-0.1, -0.05) is 11.6 Å². The van der Waals surface area contributed by atoms with Gasteiger partial charge in [0.05, 0.1) is 18.1 Å². The molecule has 1 fully saturated rings. The molecule has 1 heterocycles. The number of aromatic nitrogens is 2. The van der Waals surface area contributed by atoms with Crippen LogP contribution in [0.4, 0.5) is 0 Å². The number of rotatable bonds is 8. The summed E-state index contributed by atoms with van der Waals surface area (Å²) in [6.07, 6.45) is 14.3. The van der Waals surface area contributed by atoms with Crippen LogP contribution in [0.25, 0.3) is 0 Å². The van der Waals surface area contributed by atoms with Crippen molar-refractivity contribution in [3.05, 3.63) is 35.4 Å². The molecule has 5 heteroatoms. The molecule has 23 heavy (non-hydrogen) atoms. The van der Waals surface area contributed by atoms with Gasteiger partial charge in [-0.3, -0.25) is 9.88 Å². The summed E-state index contributed by atoms with van der Waals surface area (Å²) in [5, 5.41) is 8.89. The van der Waals surface area contributed by atoms with Crippen molar-refractivity contribution in [2.75, 3.05) is 13.1 Å². The van der Waals surface area contributed by atoms with Crippen molar-refractivity contribution in [3.8, 4) is 0 Å². The maximum absolute atomic E-state index is 10.8. The first-order valence-electron chi connectivity index (χ1n) is 8.65. The van der Waals surface area contributed by atoms with E-state index in [1.807, 2.05) is 0 Å². The van der Waals surface area contributed by atoms with Crippen molar-refractivity contribution in [1.82, 2.24) is 14.9 Å². The zero-order valence-corrected chi connectivity index (χ0v) is 13.6. The number of aromatic carboxylic acids is 1. The van der Waals surface area contributed by atoms with Gasteiger partial charge < -0.3 is 5.11 Å². The normalized spacial score (nSPS) is 18.0. The maximum atomic E-state index is 10.8. The van der Waals surface area contributed by atoms with Crippen LogP contribution in [-0.2, 0) is 6.54 Å². The van der Waals surface area contributed by atoms with E-state index in [9.17, 15) is 4.79 Å². The van der Waals surface area contributed by atoms with E-state index < -0.39 is 5.97 Å². The highest BCUT2D eigenvalue weighted by Crippen LogP contribution is 2.30. The molecule has 0 atom stereocenters. The van der Waals surface area contributed by atoms with Crippen molar-refractivity contribution in [2.45, 2.75) is 51.5 Å². The summed E-state index contributed by atoms with van der Waals surface area (Å²) < 4.78 is 0. The molecule has 0 aromatic carbocycles. The average Bonchev–Trinajstić information content (AvgIpc) is 3.38. The predicted octanol–water partition coefficient (Wildman–Crippen LogP) is 3.28. The Morgan fingerprint density at radius 1 is 1.26 bits per heavy atom. The standard InChI is InChI=1S/C18H25N3O2/c22-18(23)17-11-19-16(10-20-17)13-21(12-15-6-7-15)9-8-14-4-2-1-3-5-14/h4,10-11,15H,1-3,5-9,12-13H2,(H,22,23). The second-order valence-corrected chi connectivity index (χ2v) is 6.73. The molecular formula is C18H25N3O2. The molecular weight excluding hydrogens is 290 g/mol. The molecule has 0 spiro atoms. The van der Waals surface area contributed by atoms with E-state index in [0.717, 1.165) is 37.7 Å². The first-order chi connectivity index (χ1) is 11.2. The van der Waals surface area contributed by atoms with E-state index in [0.29, 0.717) is 0 Å². The Bertz CT molecular complexity index is 564. The summed E-state index contributed by atoms with van der Waals surface area (Å²) in [4.78, 5) is 21.5. The quantitative estimate of drug-likeness (QED) is 0.746. The molecule has 0 aliphatic heterocycles. The van der Waals surface area contributed by atoms with Crippen LogP contribution in [0.15, 0.2) is 24.0 Å². The first kappa shape index (κ1) is 16.1. The van der Waals surface area contributed by atoms with Crippen LogP contribution in [0, 0.1) is 5.92 Å². The summed E-state index contributed by atoms with van der Waals surface area (Å²) in [6, 6.07) is 0. The van der Waals surface area contributed by atoms with Crippen LogP contribution >= 0.6 is 0 Å². The van der Waals surface area contributed by atoms with Gasteiger partial charge in [-0.2, -0.15) is 0 Å². The maximum Gasteiger partial charge on any atom is 0.356 e.